The first-order valence-electron chi connectivity index (χ1n) is 8.51. The van der Waals surface area contributed by atoms with Gasteiger partial charge in [-0.1, -0.05) is 48.9 Å². The molecule has 0 saturated heterocycles. The molecular formula is C20H23N3O2. The summed E-state index contributed by atoms with van der Waals surface area (Å²) in [5.41, 5.74) is 3.68. The van der Waals surface area contributed by atoms with Gasteiger partial charge in [0, 0.05) is 7.05 Å². The minimum Gasteiger partial charge on any atom is -0.348 e. The van der Waals surface area contributed by atoms with E-state index in [9.17, 15) is 9.59 Å². The molecule has 130 valence electrons. The van der Waals surface area contributed by atoms with Crippen LogP contribution in [-0.4, -0.2) is 15.0 Å². The van der Waals surface area contributed by atoms with E-state index in [2.05, 4.69) is 5.32 Å². The van der Waals surface area contributed by atoms with Crippen molar-refractivity contribution in [3.8, 4) is 0 Å². The second-order valence-corrected chi connectivity index (χ2v) is 6.36. The SMILES string of the molecule is CC[C@@H](NC(=O)Cn1c(=O)n(C)c2ccccc21)c1ccc(C)cc1. The van der Waals surface area contributed by atoms with Crippen LogP contribution < -0.4 is 11.0 Å². The number of benzene rings is 2. The van der Waals surface area contributed by atoms with Gasteiger partial charge in [0.25, 0.3) is 0 Å². The van der Waals surface area contributed by atoms with Crippen molar-refractivity contribution < 1.29 is 4.79 Å². The Bertz CT molecular complexity index is 951. The van der Waals surface area contributed by atoms with Crippen LogP contribution in [0.1, 0.15) is 30.5 Å². The van der Waals surface area contributed by atoms with Gasteiger partial charge in [-0.2, -0.15) is 0 Å². The van der Waals surface area contributed by atoms with Crippen molar-refractivity contribution in [2.45, 2.75) is 32.9 Å². The summed E-state index contributed by atoms with van der Waals surface area (Å²) >= 11 is 0. The number of nitrogens with one attached hydrogen (secondary N) is 1. The second-order valence-electron chi connectivity index (χ2n) is 6.36. The number of carbonyl (C=O) groups excluding carboxylic acids is 1. The monoisotopic (exact) mass is 337 g/mol. The van der Waals surface area contributed by atoms with Gasteiger partial charge in [-0.15, -0.1) is 0 Å². The van der Waals surface area contributed by atoms with E-state index in [0.717, 1.165) is 23.0 Å². The molecule has 0 saturated carbocycles. The topological polar surface area (TPSA) is 56.0 Å². The summed E-state index contributed by atoms with van der Waals surface area (Å²) in [7, 11) is 1.72. The normalized spacial score (nSPS) is 12.3. The fourth-order valence-corrected chi connectivity index (χ4v) is 3.12. The zero-order valence-electron chi connectivity index (χ0n) is 14.8. The molecule has 25 heavy (non-hydrogen) atoms. The first kappa shape index (κ1) is 17.0. The number of imidazole rings is 1. The largest absolute Gasteiger partial charge is 0.348 e. The number of fused-ring (bicyclic) bond motifs is 1. The summed E-state index contributed by atoms with van der Waals surface area (Å²) in [6.45, 7) is 4.09. The lowest BCUT2D eigenvalue weighted by Gasteiger charge is -2.18. The van der Waals surface area contributed by atoms with Gasteiger partial charge in [-0.05, 0) is 31.0 Å². The molecule has 0 fully saturated rings. The third-order valence-corrected chi connectivity index (χ3v) is 4.58. The minimum absolute atomic E-state index is 0.0164. The smallest absolute Gasteiger partial charge is 0.329 e. The van der Waals surface area contributed by atoms with E-state index in [1.54, 1.807) is 11.6 Å². The Morgan fingerprint density at radius 3 is 2.36 bits per heavy atom. The highest BCUT2D eigenvalue weighted by molar-refractivity contribution is 5.81. The summed E-state index contributed by atoms with van der Waals surface area (Å²) < 4.78 is 3.09. The Hall–Kier alpha value is -2.82. The lowest BCUT2D eigenvalue weighted by molar-refractivity contribution is -0.122. The van der Waals surface area contributed by atoms with Crippen molar-refractivity contribution in [3.05, 3.63) is 70.1 Å². The van der Waals surface area contributed by atoms with Crippen molar-refractivity contribution in [2.75, 3.05) is 0 Å². The number of rotatable bonds is 5. The number of aryl methyl sites for hydroxylation is 2. The number of amides is 1. The minimum atomic E-state index is -0.181. The van der Waals surface area contributed by atoms with E-state index in [4.69, 9.17) is 0 Å². The van der Waals surface area contributed by atoms with Gasteiger partial charge in [0.05, 0.1) is 17.1 Å². The molecule has 1 heterocycles. The maximum atomic E-state index is 12.5. The standard InChI is InChI=1S/C20H23N3O2/c1-4-16(15-11-9-14(2)10-12-15)21-19(24)13-23-18-8-6-5-7-17(18)22(3)20(23)25/h5-12,16H,4,13H2,1-3H3,(H,21,24)/t16-/m1/s1. The molecule has 0 aliphatic carbocycles. The average molecular weight is 337 g/mol. The summed E-state index contributed by atoms with van der Waals surface area (Å²) in [5.74, 6) is -0.161. The molecule has 5 heteroatoms. The maximum Gasteiger partial charge on any atom is 0.329 e. The number of carbonyl (C=O) groups is 1. The van der Waals surface area contributed by atoms with Gasteiger partial charge >= 0.3 is 5.69 Å². The summed E-state index contributed by atoms with van der Waals surface area (Å²) in [5, 5.41) is 3.04. The van der Waals surface area contributed by atoms with E-state index in [1.165, 1.54) is 10.1 Å². The number of para-hydroxylation sites is 2. The van der Waals surface area contributed by atoms with Gasteiger partial charge < -0.3 is 5.32 Å². The Kier molecular flexibility index (Phi) is 4.74. The van der Waals surface area contributed by atoms with E-state index in [-0.39, 0.29) is 24.2 Å². The third kappa shape index (κ3) is 3.36. The predicted molar refractivity (Wildman–Crippen MR) is 99.5 cm³/mol. The summed E-state index contributed by atoms with van der Waals surface area (Å²) in [6.07, 6.45) is 0.791. The van der Waals surface area contributed by atoms with Crippen molar-refractivity contribution >= 4 is 16.9 Å². The van der Waals surface area contributed by atoms with Crippen LogP contribution in [-0.2, 0) is 18.4 Å². The molecule has 1 atom stereocenters. The fraction of sp³-hybridized carbons (Fsp3) is 0.300. The molecule has 3 aromatic rings. The van der Waals surface area contributed by atoms with Gasteiger partial charge in [0.2, 0.25) is 5.91 Å². The molecule has 1 aromatic heterocycles. The molecule has 0 radical (unpaired) electrons. The molecule has 0 aliphatic heterocycles. The average Bonchev–Trinajstić information content (AvgIpc) is 2.86. The van der Waals surface area contributed by atoms with Gasteiger partial charge in [0.15, 0.2) is 0 Å². The quantitative estimate of drug-likeness (QED) is 0.778. The van der Waals surface area contributed by atoms with Gasteiger partial charge in [0.1, 0.15) is 6.54 Å². The van der Waals surface area contributed by atoms with Crippen LogP contribution in [0.2, 0.25) is 0 Å². The highest BCUT2D eigenvalue weighted by Gasteiger charge is 2.16. The fourth-order valence-electron chi connectivity index (χ4n) is 3.12. The molecule has 0 spiro atoms. The van der Waals surface area contributed by atoms with Crippen molar-refractivity contribution in [2.24, 2.45) is 7.05 Å². The van der Waals surface area contributed by atoms with E-state index in [1.807, 2.05) is 62.4 Å². The number of nitrogens with zero attached hydrogens (tertiary/aromatic N) is 2. The third-order valence-electron chi connectivity index (χ3n) is 4.58. The second kappa shape index (κ2) is 6.97. The molecule has 3 rings (SSSR count). The first-order chi connectivity index (χ1) is 12.0. The van der Waals surface area contributed by atoms with E-state index >= 15 is 0 Å². The van der Waals surface area contributed by atoms with Crippen LogP contribution in [0.5, 0.6) is 0 Å². The molecule has 2 aromatic carbocycles. The Balaban J connectivity index is 1.82. The summed E-state index contributed by atoms with van der Waals surface area (Å²) in [4.78, 5) is 25.0. The lowest BCUT2D eigenvalue weighted by Crippen LogP contribution is -2.34. The molecule has 0 unspecified atom stereocenters. The molecule has 1 amide bonds. The Labute approximate surface area is 146 Å². The highest BCUT2D eigenvalue weighted by atomic mass is 16.2. The van der Waals surface area contributed by atoms with Crippen molar-refractivity contribution in [1.29, 1.82) is 0 Å². The van der Waals surface area contributed by atoms with Crippen LogP contribution in [0.3, 0.4) is 0 Å². The molecule has 0 aliphatic rings. The van der Waals surface area contributed by atoms with Crippen LogP contribution in [0.4, 0.5) is 0 Å². The number of hydrogen-bond donors (Lipinski definition) is 1. The maximum absolute atomic E-state index is 12.5. The van der Waals surface area contributed by atoms with Gasteiger partial charge in [-0.25, -0.2) is 4.79 Å². The molecule has 1 N–H and O–H groups in total. The van der Waals surface area contributed by atoms with Crippen LogP contribution in [0, 0.1) is 6.92 Å². The van der Waals surface area contributed by atoms with E-state index < -0.39 is 0 Å². The number of hydrogen-bond acceptors (Lipinski definition) is 2. The van der Waals surface area contributed by atoms with Crippen LogP contribution in [0.25, 0.3) is 11.0 Å². The lowest BCUT2D eigenvalue weighted by atomic mass is 10.0. The van der Waals surface area contributed by atoms with Crippen molar-refractivity contribution in [3.63, 3.8) is 0 Å². The number of aromatic nitrogens is 2. The Morgan fingerprint density at radius 2 is 1.72 bits per heavy atom. The van der Waals surface area contributed by atoms with Crippen molar-refractivity contribution in [1.82, 2.24) is 14.5 Å². The van der Waals surface area contributed by atoms with E-state index in [0.29, 0.717) is 0 Å². The molecular weight excluding hydrogens is 314 g/mol. The highest BCUT2D eigenvalue weighted by Crippen LogP contribution is 2.17. The molecule has 0 bridgehead atoms. The summed E-state index contributed by atoms with van der Waals surface area (Å²) in [6, 6.07) is 15.6. The van der Waals surface area contributed by atoms with Crippen LogP contribution in [0.15, 0.2) is 53.3 Å². The van der Waals surface area contributed by atoms with Gasteiger partial charge in [-0.3, -0.25) is 13.9 Å². The predicted octanol–water partition coefficient (Wildman–Crippen LogP) is 2.92. The zero-order valence-corrected chi connectivity index (χ0v) is 14.8. The Morgan fingerprint density at radius 1 is 1.08 bits per heavy atom. The first-order valence-corrected chi connectivity index (χ1v) is 8.51. The van der Waals surface area contributed by atoms with Crippen LogP contribution >= 0.6 is 0 Å². The molecule has 5 nitrogen and oxygen atoms in total. The zero-order chi connectivity index (χ0) is 18.0.